The Bertz CT molecular complexity index is 882. The lowest BCUT2D eigenvalue weighted by molar-refractivity contribution is 0.192. The Balaban J connectivity index is 1.70. The van der Waals surface area contributed by atoms with Crippen molar-refractivity contribution < 1.29 is 9.13 Å². The lowest BCUT2D eigenvalue weighted by atomic mass is 10.0. The topological polar surface area (TPSA) is 9.23 Å². The SMILES string of the molecule is CCCc1ccc(-c2ccc(C#Cc3ccc(OCF)cc3)cc2)cc1. The highest BCUT2D eigenvalue weighted by molar-refractivity contribution is 5.64. The second-order valence-corrected chi connectivity index (χ2v) is 6.05. The van der Waals surface area contributed by atoms with E-state index in [2.05, 4.69) is 55.2 Å². The number of benzene rings is 3. The number of alkyl halides is 1. The first-order valence-electron chi connectivity index (χ1n) is 8.78. The molecule has 2 heteroatoms. The van der Waals surface area contributed by atoms with E-state index in [-0.39, 0.29) is 0 Å². The van der Waals surface area contributed by atoms with Gasteiger partial charge >= 0.3 is 0 Å². The molecule has 0 atom stereocenters. The molecule has 0 saturated heterocycles. The Labute approximate surface area is 154 Å². The zero-order valence-electron chi connectivity index (χ0n) is 14.8. The zero-order chi connectivity index (χ0) is 18.2. The number of halogens is 1. The first-order chi connectivity index (χ1) is 12.8. The van der Waals surface area contributed by atoms with E-state index in [9.17, 15) is 4.39 Å². The summed E-state index contributed by atoms with van der Waals surface area (Å²) in [6.45, 7) is 1.37. The van der Waals surface area contributed by atoms with Gasteiger partial charge in [-0.3, -0.25) is 0 Å². The molecule has 26 heavy (non-hydrogen) atoms. The molecule has 0 saturated carbocycles. The number of hydrogen-bond donors (Lipinski definition) is 0. The monoisotopic (exact) mass is 344 g/mol. The van der Waals surface area contributed by atoms with Gasteiger partial charge in [0.05, 0.1) is 0 Å². The molecule has 3 aromatic rings. The van der Waals surface area contributed by atoms with Crippen molar-refractivity contribution in [3.8, 4) is 28.7 Å². The van der Waals surface area contributed by atoms with Gasteiger partial charge < -0.3 is 4.74 Å². The lowest BCUT2D eigenvalue weighted by Gasteiger charge is -2.04. The highest BCUT2D eigenvalue weighted by Gasteiger charge is 1.98. The van der Waals surface area contributed by atoms with Crippen LogP contribution in [0.1, 0.15) is 30.0 Å². The molecule has 3 rings (SSSR count). The number of ether oxygens (including phenoxy) is 1. The first-order valence-corrected chi connectivity index (χ1v) is 8.78. The molecule has 0 radical (unpaired) electrons. The van der Waals surface area contributed by atoms with Gasteiger partial charge in [-0.25, -0.2) is 4.39 Å². The standard InChI is InChI=1S/C24H21FO/c1-2-3-19-6-12-22(13-7-19)23-14-8-20(9-15-23)4-5-21-10-16-24(17-11-21)26-18-25/h6-17H,2-3,18H2,1H3. The Kier molecular flexibility index (Phi) is 6.06. The quantitative estimate of drug-likeness (QED) is 0.515. The third-order valence-electron chi connectivity index (χ3n) is 4.14. The van der Waals surface area contributed by atoms with E-state index >= 15 is 0 Å². The number of rotatable bonds is 5. The predicted molar refractivity (Wildman–Crippen MR) is 105 cm³/mol. The van der Waals surface area contributed by atoms with Gasteiger partial charge in [0, 0.05) is 11.1 Å². The fourth-order valence-electron chi connectivity index (χ4n) is 2.74. The summed E-state index contributed by atoms with van der Waals surface area (Å²) < 4.78 is 16.9. The molecule has 0 aliphatic heterocycles. The van der Waals surface area contributed by atoms with Crippen LogP contribution in [0.15, 0.2) is 72.8 Å². The summed E-state index contributed by atoms with van der Waals surface area (Å²) in [5.41, 5.74) is 5.60. The normalized spacial score (nSPS) is 10.1. The van der Waals surface area contributed by atoms with Crippen LogP contribution in [0.2, 0.25) is 0 Å². The lowest BCUT2D eigenvalue weighted by Crippen LogP contribution is -1.89. The summed E-state index contributed by atoms with van der Waals surface area (Å²) in [6.07, 6.45) is 2.29. The van der Waals surface area contributed by atoms with E-state index < -0.39 is 6.86 Å². The maximum atomic E-state index is 12.1. The third kappa shape index (κ3) is 4.74. The molecular weight excluding hydrogens is 323 g/mol. The summed E-state index contributed by atoms with van der Waals surface area (Å²) in [5.74, 6) is 6.77. The van der Waals surface area contributed by atoms with Crippen molar-refractivity contribution in [1.82, 2.24) is 0 Å². The van der Waals surface area contributed by atoms with Crippen molar-refractivity contribution >= 4 is 0 Å². The van der Waals surface area contributed by atoms with Gasteiger partial charge in [-0.1, -0.05) is 61.6 Å². The van der Waals surface area contributed by atoms with Gasteiger partial charge in [-0.15, -0.1) is 0 Å². The molecular formula is C24H21FO. The van der Waals surface area contributed by atoms with Gasteiger partial charge in [-0.2, -0.15) is 0 Å². The highest BCUT2D eigenvalue weighted by Crippen LogP contribution is 2.21. The van der Waals surface area contributed by atoms with Crippen molar-refractivity contribution in [3.05, 3.63) is 89.5 Å². The molecule has 0 spiro atoms. The number of aryl methyl sites for hydroxylation is 1. The molecule has 0 heterocycles. The van der Waals surface area contributed by atoms with Crippen molar-refractivity contribution in [3.63, 3.8) is 0 Å². The molecule has 0 aromatic heterocycles. The fraction of sp³-hybridized carbons (Fsp3) is 0.167. The van der Waals surface area contributed by atoms with Gasteiger partial charge in [0.2, 0.25) is 6.86 Å². The molecule has 0 N–H and O–H groups in total. The van der Waals surface area contributed by atoms with E-state index in [0.717, 1.165) is 24.0 Å². The fourth-order valence-corrected chi connectivity index (χ4v) is 2.74. The van der Waals surface area contributed by atoms with E-state index in [1.165, 1.54) is 16.7 Å². The first kappa shape index (κ1) is 17.8. The van der Waals surface area contributed by atoms with Crippen molar-refractivity contribution in [2.24, 2.45) is 0 Å². The van der Waals surface area contributed by atoms with Crippen LogP contribution in [0.3, 0.4) is 0 Å². The van der Waals surface area contributed by atoms with Gasteiger partial charge in [0.15, 0.2) is 0 Å². The third-order valence-corrected chi connectivity index (χ3v) is 4.14. The van der Waals surface area contributed by atoms with Crippen LogP contribution in [0.4, 0.5) is 4.39 Å². The molecule has 0 aliphatic carbocycles. The number of hydrogen-bond acceptors (Lipinski definition) is 1. The Morgan fingerprint density at radius 3 is 1.73 bits per heavy atom. The minimum absolute atomic E-state index is 0.507. The molecule has 0 amide bonds. The molecule has 130 valence electrons. The molecule has 1 nitrogen and oxygen atoms in total. The van der Waals surface area contributed by atoms with E-state index in [4.69, 9.17) is 4.74 Å². The predicted octanol–water partition coefficient (Wildman–Crippen LogP) is 6.01. The van der Waals surface area contributed by atoms with Crippen LogP contribution in [0, 0.1) is 11.8 Å². The van der Waals surface area contributed by atoms with Crippen LogP contribution in [-0.4, -0.2) is 6.86 Å². The van der Waals surface area contributed by atoms with Crippen LogP contribution in [-0.2, 0) is 6.42 Å². The zero-order valence-corrected chi connectivity index (χ0v) is 14.8. The minimum atomic E-state index is -0.821. The Morgan fingerprint density at radius 2 is 1.23 bits per heavy atom. The van der Waals surface area contributed by atoms with Crippen LogP contribution in [0.25, 0.3) is 11.1 Å². The van der Waals surface area contributed by atoms with E-state index in [1.807, 2.05) is 24.3 Å². The van der Waals surface area contributed by atoms with Crippen LogP contribution >= 0.6 is 0 Å². The summed E-state index contributed by atoms with van der Waals surface area (Å²) in [7, 11) is 0. The van der Waals surface area contributed by atoms with Crippen molar-refractivity contribution in [1.29, 1.82) is 0 Å². The van der Waals surface area contributed by atoms with Gasteiger partial charge in [0.1, 0.15) is 5.75 Å². The summed E-state index contributed by atoms with van der Waals surface area (Å²) >= 11 is 0. The van der Waals surface area contributed by atoms with Gasteiger partial charge in [-0.05, 0) is 59.5 Å². The average Bonchev–Trinajstić information content (AvgIpc) is 2.69. The van der Waals surface area contributed by atoms with Crippen LogP contribution in [0.5, 0.6) is 5.75 Å². The summed E-state index contributed by atoms with van der Waals surface area (Å²) in [4.78, 5) is 0. The molecule has 3 aromatic carbocycles. The van der Waals surface area contributed by atoms with Crippen molar-refractivity contribution in [2.45, 2.75) is 19.8 Å². The molecule has 0 aliphatic rings. The smallest absolute Gasteiger partial charge is 0.228 e. The van der Waals surface area contributed by atoms with E-state index in [1.54, 1.807) is 12.1 Å². The molecule has 0 unspecified atom stereocenters. The maximum Gasteiger partial charge on any atom is 0.228 e. The molecule has 0 fully saturated rings. The Hall–Kier alpha value is -3.05. The van der Waals surface area contributed by atoms with Crippen LogP contribution < -0.4 is 4.74 Å². The summed E-state index contributed by atoms with van der Waals surface area (Å²) in [5, 5.41) is 0. The van der Waals surface area contributed by atoms with Gasteiger partial charge in [0.25, 0.3) is 0 Å². The summed E-state index contributed by atoms with van der Waals surface area (Å²) in [6, 6.07) is 24.1. The van der Waals surface area contributed by atoms with E-state index in [0.29, 0.717) is 5.75 Å². The highest BCUT2D eigenvalue weighted by atomic mass is 19.1. The maximum absolute atomic E-state index is 12.1. The van der Waals surface area contributed by atoms with Crippen molar-refractivity contribution in [2.75, 3.05) is 6.86 Å². The average molecular weight is 344 g/mol. The Morgan fingerprint density at radius 1 is 0.731 bits per heavy atom. The second-order valence-electron chi connectivity index (χ2n) is 6.05. The molecule has 0 bridgehead atoms. The largest absolute Gasteiger partial charge is 0.463 e. The second kappa shape index (κ2) is 8.87. The minimum Gasteiger partial charge on any atom is -0.463 e.